The first-order valence-corrected chi connectivity index (χ1v) is 12.8. The summed E-state index contributed by atoms with van der Waals surface area (Å²) in [5, 5.41) is 5.75. The predicted octanol–water partition coefficient (Wildman–Crippen LogP) is 7.00. The van der Waals surface area contributed by atoms with E-state index in [0.717, 1.165) is 22.2 Å². The number of hydrogen-bond donors (Lipinski definition) is 1. The quantitative estimate of drug-likeness (QED) is 0.368. The van der Waals surface area contributed by atoms with E-state index in [0.29, 0.717) is 21.8 Å². The maximum absolute atomic E-state index is 13.5. The van der Waals surface area contributed by atoms with E-state index in [4.69, 9.17) is 16.1 Å². The van der Waals surface area contributed by atoms with Crippen molar-refractivity contribution in [2.24, 2.45) is 0 Å². The van der Waals surface area contributed by atoms with Gasteiger partial charge in [-0.25, -0.2) is 8.78 Å². The summed E-state index contributed by atoms with van der Waals surface area (Å²) in [5.41, 5.74) is 0.272. The number of carbonyl (C=O) groups is 1. The fraction of sp³-hybridized carbons (Fsp3) is 0.227. The van der Waals surface area contributed by atoms with Crippen molar-refractivity contribution >= 4 is 52.4 Å². The van der Waals surface area contributed by atoms with Crippen LogP contribution in [-0.4, -0.2) is 19.2 Å². The molecule has 0 saturated heterocycles. The molecule has 1 amide bonds. The monoisotopic (exact) mass is 483 g/mol. The van der Waals surface area contributed by atoms with Crippen LogP contribution >= 0.6 is 30.3 Å². The molecule has 2 aromatic carbocycles. The van der Waals surface area contributed by atoms with Crippen LogP contribution in [0, 0.1) is 11.6 Å². The van der Waals surface area contributed by atoms with E-state index < -0.39 is 30.6 Å². The smallest absolute Gasteiger partial charge is 0.241 e. The minimum Gasteiger partial charge on any atom is -0.329 e. The number of benzene rings is 2. The molecule has 3 rings (SSSR count). The van der Waals surface area contributed by atoms with Gasteiger partial charge in [0.1, 0.15) is 5.66 Å². The Labute approximate surface area is 188 Å². The standard InChI is InChI=1S/C22H21ClF2NO3PS/c1-4-29-30(3,28)21(17-12-31-20-8-6-15(23)11-16(17)20)22(27)26-13(2)9-14-5-7-18(24)19(25)10-14/h5-12,21H,4H2,1-3H3,(H,26,27)/b13-9+. The second kappa shape index (κ2) is 9.61. The summed E-state index contributed by atoms with van der Waals surface area (Å²) in [6.45, 7) is 4.94. The SMILES string of the molecule is CCOP(C)(=O)C(C(=O)N/C(C)=C/c1ccc(F)c(F)c1)c1csc2ccc(Cl)cc12. The third-order valence-electron chi connectivity index (χ3n) is 4.61. The molecule has 4 nitrogen and oxygen atoms in total. The van der Waals surface area contributed by atoms with E-state index in [1.807, 2.05) is 6.07 Å². The molecule has 0 aliphatic carbocycles. The van der Waals surface area contributed by atoms with Crippen molar-refractivity contribution in [1.29, 1.82) is 0 Å². The van der Waals surface area contributed by atoms with Crippen molar-refractivity contribution < 1.29 is 22.7 Å². The van der Waals surface area contributed by atoms with Gasteiger partial charge in [0.05, 0.1) is 6.61 Å². The highest BCUT2D eigenvalue weighted by Gasteiger charge is 2.38. The number of amides is 1. The van der Waals surface area contributed by atoms with Crippen molar-refractivity contribution in [2.75, 3.05) is 13.3 Å². The van der Waals surface area contributed by atoms with Crippen LogP contribution in [0.15, 0.2) is 47.5 Å². The van der Waals surface area contributed by atoms with E-state index in [9.17, 15) is 18.1 Å². The molecule has 0 aliphatic rings. The van der Waals surface area contributed by atoms with Gasteiger partial charge in [-0.15, -0.1) is 11.3 Å². The number of allylic oxidation sites excluding steroid dienone is 1. The summed E-state index contributed by atoms with van der Waals surface area (Å²) < 4.78 is 46.4. The van der Waals surface area contributed by atoms with Crippen LogP contribution in [0.1, 0.15) is 30.6 Å². The second-order valence-corrected chi connectivity index (χ2v) is 11.0. The Kier molecular flexibility index (Phi) is 7.32. The Morgan fingerprint density at radius 1 is 1.26 bits per heavy atom. The van der Waals surface area contributed by atoms with Gasteiger partial charge in [0, 0.05) is 22.1 Å². The molecular formula is C22H21ClF2NO3PS. The van der Waals surface area contributed by atoms with Crippen molar-refractivity contribution in [3.05, 3.63) is 75.3 Å². The van der Waals surface area contributed by atoms with Gasteiger partial charge in [-0.05, 0) is 72.1 Å². The highest BCUT2D eigenvalue weighted by molar-refractivity contribution is 7.59. The molecule has 2 atom stereocenters. The molecule has 1 heterocycles. The van der Waals surface area contributed by atoms with Crippen molar-refractivity contribution in [3.63, 3.8) is 0 Å². The Morgan fingerprint density at radius 3 is 2.68 bits per heavy atom. The first kappa shape index (κ1) is 23.6. The summed E-state index contributed by atoms with van der Waals surface area (Å²) in [6, 6.07) is 8.76. The number of halogens is 3. The largest absolute Gasteiger partial charge is 0.329 e. The summed E-state index contributed by atoms with van der Waals surface area (Å²) in [7, 11) is -3.41. The molecule has 0 saturated carbocycles. The van der Waals surface area contributed by atoms with Crippen LogP contribution in [0.2, 0.25) is 5.02 Å². The van der Waals surface area contributed by atoms with Gasteiger partial charge in [-0.3, -0.25) is 9.36 Å². The molecule has 1 N–H and O–H groups in total. The van der Waals surface area contributed by atoms with Crippen molar-refractivity contribution in [3.8, 4) is 0 Å². The number of nitrogens with one attached hydrogen (secondary N) is 1. The Hall–Kier alpha value is -2.05. The molecule has 3 aromatic rings. The van der Waals surface area contributed by atoms with Gasteiger partial charge in [-0.2, -0.15) is 0 Å². The minimum absolute atomic E-state index is 0.185. The third-order valence-corrected chi connectivity index (χ3v) is 8.05. The van der Waals surface area contributed by atoms with Crippen LogP contribution in [0.25, 0.3) is 16.2 Å². The zero-order chi connectivity index (χ0) is 22.8. The lowest BCUT2D eigenvalue weighted by atomic mass is 10.1. The molecule has 2 unspecified atom stereocenters. The normalized spacial score (nSPS) is 15.0. The highest BCUT2D eigenvalue weighted by atomic mass is 35.5. The van der Waals surface area contributed by atoms with Gasteiger partial charge >= 0.3 is 0 Å². The molecule has 31 heavy (non-hydrogen) atoms. The van der Waals surface area contributed by atoms with Crippen LogP contribution in [0.3, 0.4) is 0 Å². The van der Waals surface area contributed by atoms with Gasteiger partial charge in [0.2, 0.25) is 13.3 Å². The lowest BCUT2D eigenvalue weighted by molar-refractivity contribution is -0.120. The number of carbonyl (C=O) groups excluding carboxylic acids is 1. The number of fused-ring (bicyclic) bond motifs is 1. The maximum atomic E-state index is 13.5. The molecule has 0 aliphatic heterocycles. The summed E-state index contributed by atoms with van der Waals surface area (Å²) in [4.78, 5) is 13.2. The van der Waals surface area contributed by atoms with E-state index in [1.54, 1.807) is 31.4 Å². The average molecular weight is 484 g/mol. The molecule has 0 spiro atoms. The average Bonchev–Trinajstić information content (AvgIpc) is 3.07. The van der Waals surface area contributed by atoms with E-state index in [-0.39, 0.29) is 6.61 Å². The highest BCUT2D eigenvalue weighted by Crippen LogP contribution is 2.59. The summed E-state index contributed by atoms with van der Waals surface area (Å²) in [6.07, 6.45) is 1.50. The van der Waals surface area contributed by atoms with E-state index >= 15 is 0 Å². The molecule has 164 valence electrons. The van der Waals surface area contributed by atoms with E-state index in [1.165, 1.54) is 30.1 Å². The fourth-order valence-electron chi connectivity index (χ4n) is 3.32. The topological polar surface area (TPSA) is 55.4 Å². The van der Waals surface area contributed by atoms with Crippen LogP contribution in [0.5, 0.6) is 0 Å². The van der Waals surface area contributed by atoms with Gasteiger partial charge < -0.3 is 9.84 Å². The maximum Gasteiger partial charge on any atom is 0.241 e. The Morgan fingerprint density at radius 2 is 2.00 bits per heavy atom. The Bertz CT molecular complexity index is 1210. The number of rotatable bonds is 7. The van der Waals surface area contributed by atoms with Gasteiger partial charge in [0.25, 0.3) is 0 Å². The molecular weight excluding hydrogens is 463 g/mol. The molecule has 0 radical (unpaired) electrons. The molecule has 0 bridgehead atoms. The zero-order valence-electron chi connectivity index (χ0n) is 17.1. The summed E-state index contributed by atoms with van der Waals surface area (Å²) in [5.74, 6) is -2.46. The van der Waals surface area contributed by atoms with Crippen molar-refractivity contribution in [2.45, 2.75) is 19.5 Å². The van der Waals surface area contributed by atoms with Gasteiger partial charge in [-0.1, -0.05) is 17.7 Å². The first-order valence-electron chi connectivity index (χ1n) is 9.45. The van der Waals surface area contributed by atoms with Crippen LogP contribution in [-0.2, 0) is 13.9 Å². The zero-order valence-corrected chi connectivity index (χ0v) is 19.6. The molecule has 9 heteroatoms. The van der Waals surface area contributed by atoms with Crippen molar-refractivity contribution in [1.82, 2.24) is 5.32 Å². The van der Waals surface area contributed by atoms with Crippen LogP contribution in [0.4, 0.5) is 8.78 Å². The summed E-state index contributed by atoms with van der Waals surface area (Å²) >= 11 is 7.56. The minimum atomic E-state index is -3.41. The van der Waals surface area contributed by atoms with E-state index in [2.05, 4.69) is 5.32 Å². The number of hydrogen-bond acceptors (Lipinski definition) is 4. The van der Waals surface area contributed by atoms with Crippen LogP contribution < -0.4 is 5.32 Å². The van der Waals surface area contributed by atoms with Gasteiger partial charge in [0.15, 0.2) is 11.6 Å². The fourth-order valence-corrected chi connectivity index (χ4v) is 6.43. The Balaban J connectivity index is 1.98. The first-order chi connectivity index (χ1) is 14.6. The molecule has 1 aromatic heterocycles. The predicted molar refractivity (Wildman–Crippen MR) is 123 cm³/mol. The lowest BCUT2D eigenvalue weighted by Gasteiger charge is -2.23. The lowest BCUT2D eigenvalue weighted by Crippen LogP contribution is -2.28. The molecule has 0 fully saturated rings. The third kappa shape index (κ3) is 5.42. The number of thiophene rings is 1. The second-order valence-electron chi connectivity index (χ2n) is 7.05.